The molecule has 4 N–H and O–H groups in total. The van der Waals surface area contributed by atoms with Crippen LogP contribution in [0.5, 0.6) is 0 Å². The van der Waals surface area contributed by atoms with Crippen molar-refractivity contribution in [1.29, 1.82) is 0 Å². The molecule has 2 heterocycles. The van der Waals surface area contributed by atoms with E-state index in [-0.39, 0.29) is 18.5 Å². The number of imidazole rings is 1. The molecule has 1 fully saturated rings. The molecule has 102 valence electrons. The number of rotatable bonds is 4. The number of fused-ring (bicyclic) bond motifs is 1. The normalized spacial score (nSPS) is 19.2. The fourth-order valence-corrected chi connectivity index (χ4v) is 2.03. The summed E-state index contributed by atoms with van der Waals surface area (Å²) in [5.74, 6) is 3.42. The monoisotopic (exact) mass is 270 g/mol. The maximum absolute atomic E-state index is 9.06. The third-order valence-corrected chi connectivity index (χ3v) is 3.17. The summed E-state index contributed by atoms with van der Waals surface area (Å²) in [6.07, 6.45) is 9.70. The smallest absolute Gasteiger partial charge is 0.224 e. The van der Waals surface area contributed by atoms with Gasteiger partial charge in [-0.1, -0.05) is 5.92 Å². The number of aliphatic hydroxyl groups is 1. The molecule has 20 heavy (non-hydrogen) atoms. The molecule has 0 saturated heterocycles. The molecule has 1 aliphatic carbocycles. The minimum absolute atomic E-state index is 0.159. The number of nitrogens with zero attached hydrogens (tertiary/aromatic N) is 4. The maximum Gasteiger partial charge on any atom is 0.224 e. The molecule has 0 aromatic carbocycles. The van der Waals surface area contributed by atoms with Crippen molar-refractivity contribution in [3.05, 3.63) is 11.9 Å². The van der Waals surface area contributed by atoms with E-state index in [0.29, 0.717) is 23.5 Å². The molecule has 0 bridgehead atoms. The van der Waals surface area contributed by atoms with Gasteiger partial charge in [0, 0.05) is 18.7 Å². The molecule has 2 aromatic heterocycles. The van der Waals surface area contributed by atoms with E-state index in [1.807, 2.05) is 6.20 Å². The average Bonchev–Trinajstić information content (AvgIpc) is 3.08. The van der Waals surface area contributed by atoms with Gasteiger partial charge in [0.1, 0.15) is 6.33 Å². The highest BCUT2D eigenvalue weighted by atomic mass is 16.3. The van der Waals surface area contributed by atoms with Gasteiger partial charge in [-0.2, -0.15) is 9.97 Å². The topological polar surface area (TPSA) is 102 Å². The number of aliphatic hydroxyl groups excluding tert-OH is 1. The van der Waals surface area contributed by atoms with Gasteiger partial charge in [0.05, 0.1) is 6.54 Å². The van der Waals surface area contributed by atoms with Crippen LogP contribution in [-0.4, -0.2) is 37.8 Å². The lowest BCUT2D eigenvalue weighted by molar-refractivity contribution is 0.281. The predicted octanol–water partition coefficient (Wildman–Crippen LogP) is 0.307. The van der Waals surface area contributed by atoms with Gasteiger partial charge in [-0.05, 0) is 12.0 Å². The number of nitrogen functional groups attached to an aromatic ring is 1. The number of terminal acetylenes is 1. The Morgan fingerprint density at radius 1 is 1.60 bits per heavy atom. The van der Waals surface area contributed by atoms with Gasteiger partial charge in [-0.3, -0.25) is 4.57 Å². The lowest BCUT2D eigenvalue weighted by atomic mass is 10.4. The van der Waals surface area contributed by atoms with Gasteiger partial charge >= 0.3 is 0 Å². The van der Waals surface area contributed by atoms with Gasteiger partial charge < -0.3 is 16.2 Å². The van der Waals surface area contributed by atoms with Crippen molar-refractivity contribution in [2.45, 2.75) is 6.42 Å². The van der Waals surface area contributed by atoms with Crippen LogP contribution in [0, 0.1) is 18.3 Å². The van der Waals surface area contributed by atoms with Crippen LogP contribution in [0.4, 0.5) is 11.8 Å². The molecule has 2 aromatic rings. The minimum atomic E-state index is 0.159. The van der Waals surface area contributed by atoms with Gasteiger partial charge in [0.15, 0.2) is 17.0 Å². The molecule has 0 spiro atoms. The average molecular weight is 270 g/mol. The quantitative estimate of drug-likeness (QED) is 0.691. The summed E-state index contributed by atoms with van der Waals surface area (Å²) in [6.45, 7) is 0.511. The number of aromatic nitrogens is 4. The van der Waals surface area contributed by atoms with Crippen LogP contribution < -0.4 is 11.1 Å². The van der Waals surface area contributed by atoms with Gasteiger partial charge in [-0.15, -0.1) is 6.42 Å². The summed E-state index contributed by atoms with van der Waals surface area (Å²) < 4.78 is 1.79. The second-order valence-electron chi connectivity index (χ2n) is 4.60. The lowest BCUT2D eigenvalue weighted by Gasteiger charge is -2.03. The molecule has 7 heteroatoms. The third kappa shape index (κ3) is 2.17. The minimum Gasteiger partial charge on any atom is -0.396 e. The summed E-state index contributed by atoms with van der Waals surface area (Å²) in [7, 11) is 0. The van der Waals surface area contributed by atoms with E-state index in [1.54, 1.807) is 10.9 Å². The summed E-state index contributed by atoms with van der Waals surface area (Å²) in [4.78, 5) is 12.6. The zero-order valence-electron chi connectivity index (χ0n) is 10.7. The fraction of sp³-hybridized carbons (Fsp3) is 0.308. The first-order valence-corrected chi connectivity index (χ1v) is 6.21. The summed E-state index contributed by atoms with van der Waals surface area (Å²) in [5.41, 5.74) is 8.11. The molecule has 0 aliphatic heterocycles. The Morgan fingerprint density at radius 2 is 2.45 bits per heavy atom. The van der Waals surface area contributed by atoms with E-state index < -0.39 is 0 Å². The Labute approximate surface area is 115 Å². The van der Waals surface area contributed by atoms with E-state index in [9.17, 15) is 0 Å². The first-order chi connectivity index (χ1) is 9.72. The highest BCUT2D eigenvalue weighted by molar-refractivity contribution is 5.85. The second-order valence-corrected chi connectivity index (χ2v) is 4.60. The van der Waals surface area contributed by atoms with Crippen LogP contribution in [0.25, 0.3) is 17.4 Å². The fourth-order valence-electron chi connectivity index (χ4n) is 2.03. The first-order valence-electron chi connectivity index (χ1n) is 6.21. The zero-order chi connectivity index (χ0) is 14.1. The molecule has 1 saturated carbocycles. The Hall–Kier alpha value is -2.59. The van der Waals surface area contributed by atoms with Crippen molar-refractivity contribution in [3.8, 4) is 12.3 Å². The Morgan fingerprint density at radius 3 is 3.15 bits per heavy atom. The Balaban J connectivity index is 2.02. The van der Waals surface area contributed by atoms with Crippen molar-refractivity contribution < 1.29 is 5.11 Å². The number of hydrogen-bond donors (Lipinski definition) is 3. The number of nitrogens with one attached hydrogen (secondary N) is 1. The molecule has 0 amide bonds. The summed E-state index contributed by atoms with van der Waals surface area (Å²) in [6, 6.07) is 0. The van der Waals surface area contributed by atoms with Crippen LogP contribution in [0.2, 0.25) is 0 Å². The van der Waals surface area contributed by atoms with E-state index >= 15 is 0 Å². The highest BCUT2D eigenvalue weighted by Crippen LogP contribution is 2.37. The van der Waals surface area contributed by atoms with E-state index in [0.717, 1.165) is 6.42 Å². The maximum atomic E-state index is 9.06. The van der Waals surface area contributed by atoms with Gasteiger partial charge in [-0.25, -0.2) is 4.98 Å². The molecule has 0 unspecified atom stereocenters. The Bertz CT molecular complexity index is 726. The molecule has 3 rings (SSSR count). The van der Waals surface area contributed by atoms with Crippen molar-refractivity contribution in [2.24, 2.45) is 5.92 Å². The molecular formula is C13H14N6O. The number of nitrogens with two attached hydrogens (primary N) is 1. The van der Waals surface area contributed by atoms with Crippen LogP contribution in [-0.2, 0) is 0 Å². The third-order valence-electron chi connectivity index (χ3n) is 3.17. The van der Waals surface area contributed by atoms with Crippen molar-refractivity contribution in [2.75, 3.05) is 24.2 Å². The van der Waals surface area contributed by atoms with E-state index in [2.05, 4.69) is 26.2 Å². The van der Waals surface area contributed by atoms with E-state index in [4.69, 9.17) is 17.3 Å². The molecule has 0 radical (unpaired) electrons. The van der Waals surface area contributed by atoms with Crippen molar-refractivity contribution in [3.63, 3.8) is 0 Å². The molecular weight excluding hydrogens is 256 g/mol. The van der Waals surface area contributed by atoms with Crippen molar-refractivity contribution in [1.82, 2.24) is 19.5 Å². The van der Waals surface area contributed by atoms with Crippen molar-refractivity contribution >= 4 is 29.1 Å². The summed E-state index contributed by atoms with van der Waals surface area (Å²) in [5, 5.41) is 12.0. The highest BCUT2D eigenvalue weighted by Gasteiger charge is 2.29. The molecule has 7 nitrogen and oxygen atoms in total. The first kappa shape index (κ1) is 12.4. The molecule has 1 atom stereocenters. The van der Waals surface area contributed by atoms with Gasteiger partial charge in [0.2, 0.25) is 5.95 Å². The standard InChI is InChI=1S/C13H14N6O/c1-2-3-15-11-10-12(18-13(14)17-11)19(7-16-10)5-8-4-9(8)6-20/h1,5,7,9,20H,3-4,6H2,(H3,14,15,17,18)/t9-/m1/s1. The van der Waals surface area contributed by atoms with Crippen LogP contribution in [0.3, 0.4) is 0 Å². The lowest BCUT2D eigenvalue weighted by Crippen LogP contribution is -2.05. The number of hydrogen-bond acceptors (Lipinski definition) is 6. The van der Waals surface area contributed by atoms with Crippen LogP contribution in [0.15, 0.2) is 11.9 Å². The molecule has 1 aliphatic rings. The van der Waals surface area contributed by atoms with Crippen LogP contribution >= 0.6 is 0 Å². The van der Waals surface area contributed by atoms with E-state index in [1.165, 1.54) is 5.57 Å². The summed E-state index contributed by atoms with van der Waals surface area (Å²) >= 11 is 0. The SMILES string of the molecule is C#CCNc1nc(N)nc2c1ncn2C=C1C[C@@H]1CO. The number of anilines is 2. The zero-order valence-corrected chi connectivity index (χ0v) is 10.7. The van der Waals surface area contributed by atoms with Gasteiger partial charge in [0.25, 0.3) is 0 Å². The second kappa shape index (κ2) is 4.83. The largest absolute Gasteiger partial charge is 0.396 e. The predicted molar refractivity (Wildman–Crippen MR) is 76.5 cm³/mol. The Kier molecular flexibility index (Phi) is 3.00. The van der Waals surface area contributed by atoms with Crippen LogP contribution in [0.1, 0.15) is 6.42 Å².